The molecule has 2 aromatic rings. The van der Waals surface area contributed by atoms with Crippen molar-refractivity contribution >= 4 is 28.4 Å². The van der Waals surface area contributed by atoms with Gasteiger partial charge in [0.15, 0.2) is 0 Å². The lowest BCUT2D eigenvalue weighted by Gasteiger charge is -2.37. The van der Waals surface area contributed by atoms with Gasteiger partial charge in [0.1, 0.15) is 0 Å². The van der Waals surface area contributed by atoms with E-state index in [1.165, 1.54) is 24.3 Å². The standard InChI is InChI=1S/C16H15N5O6/c22-19(23)13-3-1-12(2-4-13)17-7-9-18(10-8-17)14-5-6-15(20(24)25)16(11-14)21(26)27/h1-6,11H,7-10H2. The predicted molar refractivity (Wildman–Crippen MR) is 97.3 cm³/mol. The van der Waals surface area contributed by atoms with Crippen molar-refractivity contribution < 1.29 is 14.8 Å². The third-order valence-electron chi connectivity index (χ3n) is 4.42. The third-order valence-corrected chi connectivity index (χ3v) is 4.42. The molecule has 0 aliphatic carbocycles. The highest BCUT2D eigenvalue weighted by molar-refractivity contribution is 5.63. The van der Waals surface area contributed by atoms with E-state index in [0.717, 1.165) is 11.8 Å². The summed E-state index contributed by atoms with van der Waals surface area (Å²) in [5.41, 5.74) is 0.365. The Morgan fingerprint density at radius 1 is 0.630 bits per heavy atom. The largest absolute Gasteiger partial charge is 0.368 e. The zero-order chi connectivity index (χ0) is 19.6. The highest BCUT2D eigenvalue weighted by Crippen LogP contribution is 2.32. The normalized spacial score (nSPS) is 14.1. The third kappa shape index (κ3) is 3.76. The smallest absolute Gasteiger partial charge is 0.348 e. The summed E-state index contributed by atoms with van der Waals surface area (Å²) in [5, 5.41) is 32.7. The molecule has 0 saturated carbocycles. The lowest BCUT2D eigenvalue weighted by molar-refractivity contribution is -0.422. The van der Waals surface area contributed by atoms with Crippen LogP contribution in [-0.2, 0) is 0 Å². The van der Waals surface area contributed by atoms with E-state index < -0.39 is 26.1 Å². The van der Waals surface area contributed by atoms with Crippen LogP contribution in [-0.4, -0.2) is 40.9 Å². The van der Waals surface area contributed by atoms with Gasteiger partial charge in [-0.05, 0) is 18.2 Å². The molecular formula is C16H15N5O6. The van der Waals surface area contributed by atoms with E-state index in [4.69, 9.17) is 0 Å². The molecular weight excluding hydrogens is 358 g/mol. The molecule has 27 heavy (non-hydrogen) atoms. The molecule has 0 amide bonds. The van der Waals surface area contributed by atoms with Crippen molar-refractivity contribution in [2.45, 2.75) is 0 Å². The quantitative estimate of drug-likeness (QED) is 0.576. The summed E-state index contributed by atoms with van der Waals surface area (Å²) < 4.78 is 0. The van der Waals surface area contributed by atoms with E-state index in [9.17, 15) is 30.3 Å². The number of anilines is 2. The first-order chi connectivity index (χ1) is 12.9. The van der Waals surface area contributed by atoms with E-state index in [1.54, 1.807) is 12.1 Å². The van der Waals surface area contributed by atoms with Gasteiger partial charge < -0.3 is 9.80 Å². The summed E-state index contributed by atoms with van der Waals surface area (Å²) in [6, 6.07) is 10.1. The fourth-order valence-electron chi connectivity index (χ4n) is 3.02. The van der Waals surface area contributed by atoms with Gasteiger partial charge in [0.05, 0.1) is 14.8 Å². The molecule has 1 saturated heterocycles. The molecule has 2 aromatic carbocycles. The lowest BCUT2D eigenvalue weighted by atomic mass is 10.2. The van der Waals surface area contributed by atoms with E-state index in [-0.39, 0.29) is 5.69 Å². The molecule has 1 heterocycles. The van der Waals surface area contributed by atoms with Gasteiger partial charge in [-0.2, -0.15) is 0 Å². The minimum absolute atomic E-state index is 0.0237. The van der Waals surface area contributed by atoms with Gasteiger partial charge in [-0.1, -0.05) is 0 Å². The average molecular weight is 373 g/mol. The second kappa shape index (κ2) is 7.23. The fourth-order valence-corrected chi connectivity index (χ4v) is 3.02. The van der Waals surface area contributed by atoms with Crippen LogP contribution in [0.5, 0.6) is 0 Å². The van der Waals surface area contributed by atoms with Crippen LogP contribution < -0.4 is 9.80 Å². The second-order valence-electron chi connectivity index (χ2n) is 5.93. The Hall–Kier alpha value is -3.76. The number of nitrogens with zero attached hydrogens (tertiary/aromatic N) is 5. The minimum Gasteiger partial charge on any atom is -0.368 e. The molecule has 11 heteroatoms. The Labute approximate surface area is 152 Å². The zero-order valence-corrected chi connectivity index (χ0v) is 14.1. The highest BCUT2D eigenvalue weighted by atomic mass is 16.6. The molecule has 1 fully saturated rings. The first-order valence-electron chi connectivity index (χ1n) is 8.04. The maximum atomic E-state index is 11.1. The van der Waals surface area contributed by atoms with Crippen molar-refractivity contribution in [3.63, 3.8) is 0 Å². The van der Waals surface area contributed by atoms with Gasteiger partial charge in [0.25, 0.3) is 5.69 Å². The molecule has 0 N–H and O–H groups in total. The number of rotatable bonds is 5. The molecule has 0 aromatic heterocycles. The predicted octanol–water partition coefficient (Wildman–Crippen LogP) is 2.74. The number of hydrogen-bond donors (Lipinski definition) is 0. The van der Waals surface area contributed by atoms with Crippen LogP contribution in [0.2, 0.25) is 0 Å². The molecule has 0 radical (unpaired) electrons. The molecule has 1 aliphatic heterocycles. The Bertz CT molecular complexity index is 893. The summed E-state index contributed by atoms with van der Waals surface area (Å²) in [7, 11) is 0. The molecule has 0 atom stereocenters. The second-order valence-corrected chi connectivity index (χ2v) is 5.93. The fraction of sp³-hybridized carbons (Fsp3) is 0.250. The van der Waals surface area contributed by atoms with Crippen LogP contribution in [0.4, 0.5) is 28.4 Å². The number of nitro benzene ring substituents is 3. The van der Waals surface area contributed by atoms with Gasteiger partial charge >= 0.3 is 11.4 Å². The zero-order valence-electron chi connectivity index (χ0n) is 14.1. The van der Waals surface area contributed by atoms with E-state index in [0.29, 0.717) is 31.9 Å². The number of nitro groups is 3. The number of piperazine rings is 1. The molecule has 0 unspecified atom stereocenters. The van der Waals surface area contributed by atoms with Crippen molar-refractivity contribution in [1.29, 1.82) is 0 Å². The average Bonchev–Trinajstić information content (AvgIpc) is 2.67. The maximum absolute atomic E-state index is 11.1. The molecule has 1 aliphatic rings. The van der Waals surface area contributed by atoms with Crippen molar-refractivity contribution in [1.82, 2.24) is 0 Å². The van der Waals surface area contributed by atoms with E-state index in [1.807, 2.05) is 4.90 Å². The van der Waals surface area contributed by atoms with Crippen LogP contribution in [0, 0.1) is 30.3 Å². The van der Waals surface area contributed by atoms with Crippen molar-refractivity contribution in [3.8, 4) is 0 Å². The Kier molecular flexibility index (Phi) is 4.83. The Balaban J connectivity index is 1.72. The van der Waals surface area contributed by atoms with Gasteiger partial charge in [-0.25, -0.2) is 0 Å². The first kappa shape index (κ1) is 18.0. The maximum Gasteiger partial charge on any atom is 0.348 e. The molecule has 0 bridgehead atoms. The van der Waals surface area contributed by atoms with Gasteiger partial charge in [0, 0.05) is 61.8 Å². The topological polar surface area (TPSA) is 136 Å². The monoisotopic (exact) mass is 373 g/mol. The SMILES string of the molecule is O=[N+]([O-])c1ccc(N2CCN(c3ccc([N+](=O)[O-])c([N+](=O)[O-])c3)CC2)cc1. The summed E-state index contributed by atoms with van der Waals surface area (Å²) in [6.45, 7) is 2.35. The summed E-state index contributed by atoms with van der Waals surface area (Å²) in [5.74, 6) is 0. The van der Waals surface area contributed by atoms with E-state index in [2.05, 4.69) is 4.90 Å². The van der Waals surface area contributed by atoms with Gasteiger partial charge in [0.2, 0.25) is 0 Å². The van der Waals surface area contributed by atoms with Crippen molar-refractivity contribution in [2.75, 3.05) is 36.0 Å². The number of benzene rings is 2. The molecule has 3 rings (SSSR count). The summed E-state index contributed by atoms with van der Waals surface area (Å²) in [6.07, 6.45) is 0. The van der Waals surface area contributed by atoms with Crippen molar-refractivity contribution in [2.24, 2.45) is 0 Å². The van der Waals surface area contributed by atoms with Crippen LogP contribution in [0.15, 0.2) is 42.5 Å². The Morgan fingerprint density at radius 3 is 1.59 bits per heavy atom. The minimum atomic E-state index is -0.769. The van der Waals surface area contributed by atoms with Gasteiger partial charge in [-0.3, -0.25) is 30.3 Å². The number of hydrogen-bond acceptors (Lipinski definition) is 8. The molecule has 140 valence electrons. The van der Waals surface area contributed by atoms with E-state index >= 15 is 0 Å². The van der Waals surface area contributed by atoms with Crippen LogP contribution in [0.1, 0.15) is 0 Å². The lowest BCUT2D eigenvalue weighted by Crippen LogP contribution is -2.46. The number of non-ortho nitro benzene ring substituents is 1. The summed E-state index contributed by atoms with van der Waals surface area (Å²) >= 11 is 0. The first-order valence-corrected chi connectivity index (χ1v) is 8.04. The van der Waals surface area contributed by atoms with Crippen molar-refractivity contribution in [3.05, 3.63) is 72.8 Å². The molecule has 11 nitrogen and oxygen atoms in total. The van der Waals surface area contributed by atoms with Gasteiger partial charge in [-0.15, -0.1) is 0 Å². The summed E-state index contributed by atoms with van der Waals surface area (Å²) in [4.78, 5) is 34.7. The molecule has 0 spiro atoms. The van der Waals surface area contributed by atoms with Crippen LogP contribution in [0.3, 0.4) is 0 Å². The van der Waals surface area contributed by atoms with Crippen LogP contribution >= 0.6 is 0 Å². The Morgan fingerprint density at radius 2 is 1.11 bits per heavy atom. The van der Waals surface area contributed by atoms with Crippen LogP contribution in [0.25, 0.3) is 0 Å². The highest BCUT2D eigenvalue weighted by Gasteiger charge is 2.26.